The molecule has 0 radical (unpaired) electrons. The minimum absolute atomic E-state index is 0.209. The molecule has 1 amide bonds. The molecule has 2 aliphatic rings. The third-order valence-electron chi connectivity index (χ3n) is 3.52. The van der Waals surface area contributed by atoms with E-state index in [1.807, 2.05) is 12.1 Å². The maximum atomic E-state index is 11.8. The minimum atomic E-state index is 0.209. The van der Waals surface area contributed by atoms with Crippen LogP contribution in [0.3, 0.4) is 0 Å². The van der Waals surface area contributed by atoms with Crippen LogP contribution in [0.4, 0.5) is 0 Å². The van der Waals surface area contributed by atoms with E-state index in [4.69, 9.17) is 0 Å². The molecule has 16 heavy (non-hydrogen) atoms. The highest BCUT2D eigenvalue weighted by Gasteiger charge is 2.43. The number of carbonyl (C=O) groups is 1. The van der Waals surface area contributed by atoms with E-state index in [1.165, 1.54) is 18.4 Å². The molecule has 2 aliphatic carbocycles. The van der Waals surface area contributed by atoms with Gasteiger partial charge in [-0.3, -0.25) is 9.78 Å². The number of carbonyl (C=O) groups excluding carboxylic acids is 1. The van der Waals surface area contributed by atoms with Crippen LogP contribution in [0.1, 0.15) is 30.7 Å². The molecular formula is C13H16N2O. The summed E-state index contributed by atoms with van der Waals surface area (Å²) in [6, 6.07) is 4.03. The summed E-state index contributed by atoms with van der Waals surface area (Å²) in [7, 11) is 0. The summed E-state index contributed by atoms with van der Waals surface area (Å²) in [5, 5.41) is 3.05. The van der Waals surface area contributed by atoms with Crippen molar-refractivity contribution in [2.45, 2.75) is 25.2 Å². The van der Waals surface area contributed by atoms with Crippen molar-refractivity contribution < 1.29 is 4.79 Å². The predicted octanol–water partition coefficient (Wildman–Crippen LogP) is 1.71. The SMILES string of the molecule is O=C(NCC1CC1)C1CC1c1ccncc1. The monoisotopic (exact) mass is 216 g/mol. The highest BCUT2D eigenvalue weighted by Crippen LogP contribution is 2.47. The average molecular weight is 216 g/mol. The van der Waals surface area contributed by atoms with E-state index in [2.05, 4.69) is 10.3 Å². The lowest BCUT2D eigenvalue weighted by atomic mass is 10.1. The molecule has 2 saturated carbocycles. The molecule has 2 fully saturated rings. The van der Waals surface area contributed by atoms with E-state index < -0.39 is 0 Å². The van der Waals surface area contributed by atoms with Crippen molar-refractivity contribution in [1.82, 2.24) is 10.3 Å². The van der Waals surface area contributed by atoms with Gasteiger partial charge in [0.1, 0.15) is 0 Å². The maximum Gasteiger partial charge on any atom is 0.223 e. The molecule has 0 bridgehead atoms. The second kappa shape index (κ2) is 3.89. The molecule has 84 valence electrons. The van der Waals surface area contributed by atoms with Gasteiger partial charge in [0.25, 0.3) is 0 Å². The molecule has 3 rings (SSSR count). The number of nitrogens with zero attached hydrogens (tertiary/aromatic N) is 1. The van der Waals surface area contributed by atoms with Crippen LogP contribution in [0.25, 0.3) is 0 Å². The topological polar surface area (TPSA) is 42.0 Å². The van der Waals surface area contributed by atoms with Crippen molar-refractivity contribution in [2.75, 3.05) is 6.54 Å². The van der Waals surface area contributed by atoms with Crippen molar-refractivity contribution in [3.8, 4) is 0 Å². The normalized spacial score (nSPS) is 27.5. The Hall–Kier alpha value is -1.38. The largest absolute Gasteiger partial charge is 0.356 e. The third kappa shape index (κ3) is 2.08. The van der Waals surface area contributed by atoms with Gasteiger partial charge in [-0.05, 0) is 48.8 Å². The summed E-state index contributed by atoms with van der Waals surface area (Å²) in [4.78, 5) is 15.8. The van der Waals surface area contributed by atoms with Gasteiger partial charge in [-0.2, -0.15) is 0 Å². The van der Waals surface area contributed by atoms with Crippen LogP contribution in [0, 0.1) is 11.8 Å². The lowest BCUT2D eigenvalue weighted by Gasteiger charge is -2.03. The molecule has 0 saturated heterocycles. The third-order valence-corrected chi connectivity index (χ3v) is 3.52. The summed E-state index contributed by atoms with van der Waals surface area (Å²) in [6.07, 6.45) is 7.18. The lowest BCUT2D eigenvalue weighted by Crippen LogP contribution is -2.27. The van der Waals surface area contributed by atoms with E-state index >= 15 is 0 Å². The number of hydrogen-bond donors (Lipinski definition) is 1. The lowest BCUT2D eigenvalue weighted by molar-refractivity contribution is -0.122. The summed E-state index contributed by atoms with van der Waals surface area (Å²) >= 11 is 0. The number of aromatic nitrogens is 1. The molecule has 2 unspecified atom stereocenters. The molecule has 2 atom stereocenters. The molecule has 0 aromatic carbocycles. The number of rotatable bonds is 4. The second-order valence-electron chi connectivity index (χ2n) is 4.92. The zero-order valence-corrected chi connectivity index (χ0v) is 9.23. The van der Waals surface area contributed by atoms with Crippen LogP contribution in [0.2, 0.25) is 0 Å². The Labute approximate surface area is 95.3 Å². The first-order valence-electron chi connectivity index (χ1n) is 6.02. The van der Waals surface area contributed by atoms with Gasteiger partial charge in [0.2, 0.25) is 5.91 Å². The van der Waals surface area contributed by atoms with Crippen LogP contribution in [0.5, 0.6) is 0 Å². The van der Waals surface area contributed by atoms with Gasteiger partial charge in [0.05, 0.1) is 0 Å². The fourth-order valence-corrected chi connectivity index (χ4v) is 2.16. The van der Waals surface area contributed by atoms with E-state index in [-0.39, 0.29) is 11.8 Å². The summed E-state index contributed by atoms with van der Waals surface area (Å²) in [5.74, 6) is 1.65. The molecule has 3 nitrogen and oxygen atoms in total. The Balaban J connectivity index is 1.52. The maximum absolute atomic E-state index is 11.8. The molecular weight excluding hydrogens is 200 g/mol. The zero-order chi connectivity index (χ0) is 11.0. The van der Waals surface area contributed by atoms with Crippen LogP contribution < -0.4 is 5.32 Å². The Morgan fingerprint density at radius 1 is 1.38 bits per heavy atom. The van der Waals surface area contributed by atoms with Gasteiger partial charge >= 0.3 is 0 Å². The number of amides is 1. The standard InChI is InChI=1S/C13H16N2O/c16-13(15-8-9-1-2-9)12-7-11(12)10-3-5-14-6-4-10/h3-6,9,11-12H,1-2,7-8H2,(H,15,16). The number of pyridine rings is 1. The van der Waals surface area contributed by atoms with Crippen molar-refractivity contribution in [3.05, 3.63) is 30.1 Å². The molecule has 1 aromatic heterocycles. The highest BCUT2D eigenvalue weighted by atomic mass is 16.2. The van der Waals surface area contributed by atoms with Gasteiger partial charge in [-0.1, -0.05) is 0 Å². The van der Waals surface area contributed by atoms with E-state index in [9.17, 15) is 4.79 Å². The van der Waals surface area contributed by atoms with Gasteiger partial charge in [0, 0.05) is 24.9 Å². The highest BCUT2D eigenvalue weighted by molar-refractivity contribution is 5.82. The molecule has 1 N–H and O–H groups in total. The minimum Gasteiger partial charge on any atom is -0.356 e. The molecule has 1 aromatic rings. The Morgan fingerprint density at radius 2 is 2.12 bits per heavy atom. The quantitative estimate of drug-likeness (QED) is 0.832. The number of hydrogen-bond acceptors (Lipinski definition) is 2. The summed E-state index contributed by atoms with van der Waals surface area (Å²) in [6.45, 7) is 0.887. The zero-order valence-electron chi connectivity index (χ0n) is 9.23. The molecule has 0 aliphatic heterocycles. The molecule has 3 heteroatoms. The van der Waals surface area contributed by atoms with Gasteiger partial charge in [0.15, 0.2) is 0 Å². The van der Waals surface area contributed by atoms with Crippen LogP contribution in [0.15, 0.2) is 24.5 Å². The fraction of sp³-hybridized carbons (Fsp3) is 0.538. The van der Waals surface area contributed by atoms with Crippen LogP contribution in [-0.4, -0.2) is 17.4 Å². The average Bonchev–Trinajstić information content (AvgIpc) is 3.19. The van der Waals surface area contributed by atoms with Gasteiger partial charge < -0.3 is 5.32 Å². The second-order valence-corrected chi connectivity index (χ2v) is 4.92. The van der Waals surface area contributed by atoms with E-state index in [1.54, 1.807) is 12.4 Å². The fourth-order valence-electron chi connectivity index (χ4n) is 2.16. The van der Waals surface area contributed by atoms with Crippen LogP contribution in [-0.2, 0) is 4.79 Å². The Morgan fingerprint density at radius 3 is 2.81 bits per heavy atom. The smallest absolute Gasteiger partial charge is 0.223 e. The van der Waals surface area contributed by atoms with Crippen molar-refractivity contribution >= 4 is 5.91 Å². The molecule has 0 spiro atoms. The first kappa shape index (κ1) is 9.82. The van der Waals surface area contributed by atoms with Crippen molar-refractivity contribution in [2.24, 2.45) is 11.8 Å². The summed E-state index contributed by atoms with van der Waals surface area (Å²) in [5.41, 5.74) is 1.25. The van der Waals surface area contributed by atoms with E-state index in [0.29, 0.717) is 5.92 Å². The van der Waals surface area contributed by atoms with Crippen LogP contribution >= 0.6 is 0 Å². The predicted molar refractivity (Wildman–Crippen MR) is 60.8 cm³/mol. The Kier molecular flexibility index (Phi) is 2.39. The first-order valence-corrected chi connectivity index (χ1v) is 6.02. The number of nitrogens with one attached hydrogen (secondary N) is 1. The first-order chi connectivity index (χ1) is 7.84. The van der Waals surface area contributed by atoms with Gasteiger partial charge in [-0.15, -0.1) is 0 Å². The summed E-state index contributed by atoms with van der Waals surface area (Å²) < 4.78 is 0. The Bertz CT molecular complexity index is 386. The van der Waals surface area contributed by atoms with Crippen molar-refractivity contribution in [3.63, 3.8) is 0 Å². The van der Waals surface area contributed by atoms with Crippen molar-refractivity contribution in [1.29, 1.82) is 0 Å². The van der Waals surface area contributed by atoms with Gasteiger partial charge in [-0.25, -0.2) is 0 Å². The van der Waals surface area contributed by atoms with E-state index in [0.717, 1.165) is 18.9 Å². The molecule has 1 heterocycles.